The quantitative estimate of drug-likeness (QED) is 0.885. The summed E-state index contributed by atoms with van der Waals surface area (Å²) in [5.41, 5.74) is 1.57. The normalized spacial score (nSPS) is 21.8. The predicted octanol–water partition coefficient (Wildman–Crippen LogP) is 2.62. The Morgan fingerprint density at radius 3 is 3.04 bits per heavy atom. The Kier molecular flexibility index (Phi) is 5.21. The van der Waals surface area contributed by atoms with E-state index in [1.807, 2.05) is 43.7 Å². The van der Waals surface area contributed by atoms with Gasteiger partial charge in [0.2, 0.25) is 0 Å². The van der Waals surface area contributed by atoms with Gasteiger partial charge in [-0.2, -0.15) is 0 Å². The van der Waals surface area contributed by atoms with Crippen molar-refractivity contribution in [3.8, 4) is 5.75 Å². The topological polar surface area (TPSA) is 50.5 Å². The number of ether oxygens (including phenoxy) is 1. The summed E-state index contributed by atoms with van der Waals surface area (Å²) < 4.78 is 8.01. The van der Waals surface area contributed by atoms with E-state index in [1.54, 1.807) is 0 Å². The lowest BCUT2D eigenvalue weighted by Crippen LogP contribution is -2.51. The Balaban J connectivity index is 1.59. The second-order valence-electron chi connectivity index (χ2n) is 6.81. The van der Waals surface area contributed by atoms with Crippen LogP contribution in [0.25, 0.3) is 0 Å². The Morgan fingerprint density at radius 2 is 2.25 bits per heavy atom. The minimum atomic E-state index is -0.793. The lowest BCUT2D eigenvalue weighted by Gasteiger charge is -2.39. The highest BCUT2D eigenvalue weighted by Crippen LogP contribution is 2.24. The van der Waals surface area contributed by atoms with Gasteiger partial charge in [-0.3, -0.25) is 4.90 Å². The number of aliphatic hydroxyl groups is 1. The average molecular weight is 329 g/mol. The molecule has 130 valence electrons. The minimum absolute atomic E-state index is 0.333. The van der Waals surface area contributed by atoms with Gasteiger partial charge in [0.05, 0.1) is 12.0 Å². The molecule has 1 atom stereocenters. The number of β-amino-alcohol motifs (C(OH)–C–C–N with tert-alkyl or cyclic N) is 1. The highest BCUT2D eigenvalue weighted by atomic mass is 16.5. The third-order valence-corrected chi connectivity index (χ3v) is 4.66. The molecule has 0 radical (unpaired) electrons. The van der Waals surface area contributed by atoms with Crippen LogP contribution in [-0.2, 0) is 13.1 Å². The Labute approximate surface area is 143 Å². The number of hydrogen-bond acceptors (Lipinski definition) is 4. The average Bonchev–Trinajstić information content (AvgIpc) is 3.00. The van der Waals surface area contributed by atoms with Crippen LogP contribution < -0.4 is 4.74 Å². The van der Waals surface area contributed by atoms with Gasteiger partial charge in [0.25, 0.3) is 0 Å². The lowest BCUT2D eigenvalue weighted by molar-refractivity contribution is -0.0625. The van der Waals surface area contributed by atoms with Crippen molar-refractivity contribution in [1.29, 1.82) is 0 Å². The first-order valence-corrected chi connectivity index (χ1v) is 8.71. The number of aryl methyl sites for hydroxylation is 2. The highest BCUT2D eigenvalue weighted by Gasteiger charge is 2.34. The molecule has 1 fully saturated rings. The van der Waals surface area contributed by atoms with E-state index in [0.717, 1.165) is 43.8 Å². The molecule has 0 aliphatic carbocycles. The van der Waals surface area contributed by atoms with Gasteiger partial charge in [-0.05, 0) is 50.9 Å². The molecule has 0 bridgehead atoms. The molecule has 0 spiro atoms. The molecule has 2 heterocycles. The maximum atomic E-state index is 10.9. The van der Waals surface area contributed by atoms with Gasteiger partial charge < -0.3 is 14.4 Å². The minimum Gasteiger partial charge on any atom is -0.491 e. The summed E-state index contributed by atoms with van der Waals surface area (Å²) in [6, 6.07) is 7.97. The molecule has 1 aliphatic rings. The molecule has 1 N–H and O–H groups in total. The lowest BCUT2D eigenvalue weighted by atomic mass is 9.93. The van der Waals surface area contributed by atoms with E-state index < -0.39 is 5.60 Å². The van der Waals surface area contributed by atoms with Crippen molar-refractivity contribution in [3.05, 3.63) is 48.0 Å². The summed E-state index contributed by atoms with van der Waals surface area (Å²) in [4.78, 5) is 6.53. The van der Waals surface area contributed by atoms with Crippen LogP contribution in [0, 0.1) is 6.92 Å². The molecule has 0 saturated carbocycles. The fourth-order valence-corrected chi connectivity index (χ4v) is 3.38. The predicted molar refractivity (Wildman–Crippen MR) is 94.0 cm³/mol. The molecule has 3 rings (SSSR count). The molecule has 0 amide bonds. The number of imidazole rings is 1. The number of hydrogen-bond donors (Lipinski definition) is 1. The SMILES string of the molecule is CCn1cncc1CN1CCC[C@](O)(COc2cccc(C)c2)C1. The molecule has 1 saturated heterocycles. The van der Waals surface area contributed by atoms with Crippen LogP contribution in [0.3, 0.4) is 0 Å². The molecular weight excluding hydrogens is 302 g/mol. The number of aromatic nitrogens is 2. The summed E-state index contributed by atoms with van der Waals surface area (Å²) in [6.07, 6.45) is 5.54. The third kappa shape index (κ3) is 4.16. The smallest absolute Gasteiger partial charge is 0.119 e. The summed E-state index contributed by atoms with van der Waals surface area (Å²) in [5, 5.41) is 10.9. The van der Waals surface area contributed by atoms with E-state index in [-0.39, 0.29) is 0 Å². The van der Waals surface area contributed by atoms with E-state index in [1.165, 1.54) is 5.69 Å². The van der Waals surface area contributed by atoms with Crippen LogP contribution in [-0.4, -0.2) is 44.9 Å². The van der Waals surface area contributed by atoms with Gasteiger partial charge in [0.15, 0.2) is 0 Å². The molecule has 5 heteroatoms. The van der Waals surface area contributed by atoms with Crippen LogP contribution in [0.5, 0.6) is 5.75 Å². The van der Waals surface area contributed by atoms with Gasteiger partial charge in [-0.15, -0.1) is 0 Å². The van der Waals surface area contributed by atoms with Crippen molar-refractivity contribution >= 4 is 0 Å². The first-order chi connectivity index (χ1) is 11.6. The monoisotopic (exact) mass is 329 g/mol. The molecule has 1 aromatic carbocycles. The van der Waals surface area contributed by atoms with Crippen molar-refractivity contribution in [3.63, 3.8) is 0 Å². The molecular formula is C19H27N3O2. The molecule has 24 heavy (non-hydrogen) atoms. The van der Waals surface area contributed by atoms with Crippen molar-refractivity contribution in [1.82, 2.24) is 14.5 Å². The maximum absolute atomic E-state index is 10.9. The zero-order valence-corrected chi connectivity index (χ0v) is 14.6. The molecule has 0 unspecified atom stereocenters. The Morgan fingerprint density at radius 1 is 1.38 bits per heavy atom. The number of piperidine rings is 1. The van der Waals surface area contributed by atoms with Crippen molar-refractivity contribution in [2.75, 3.05) is 19.7 Å². The Hall–Kier alpha value is -1.85. The van der Waals surface area contributed by atoms with E-state index in [9.17, 15) is 5.11 Å². The van der Waals surface area contributed by atoms with Gasteiger partial charge in [0.1, 0.15) is 18.0 Å². The zero-order chi connectivity index (χ0) is 17.0. The van der Waals surface area contributed by atoms with E-state index >= 15 is 0 Å². The molecule has 5 nitrogen and oxygen atoms in total. The van der Waals surface area contributed by atoms with E-state index in [0.29, 0.717) is 13.2 Å². The molecule has 1 aliphatic heterocycles. The van der Waals surface area contributed by atoms with Gasteiger partial charge >= 0.3 is 0 Å². The second-order valence-corrected chi connectivity index (χ2v) is 6.81. The fourth-order valence-electron chi connectivity index (χ4n) is 3.38. The standard InChI is InChI=1S/C19H27N3O2/c1-3-22-15-20-11-17(22)12-21-9-5-8-19(23,13-21)14-24-18-7-4-6-16(2)10-18/h4,6-7,10-11,15,23H,3,5,8-9,12-14H2,1-2H3/t19-/m1/s1. The van der Waals surface area contributed by atoms with Gasteiger partial charge in [0, 0.05) is 25.8 Å². The number of benzene rings is 1. The van der Waals surface area contributed by atoms with Crippen molar-refractivity contribution in [2.45, 2.75) is 45.4 Å². The van der Waals surface area contributed by atoms with Gasteiger partial charge in [-0.1, -0.05) is 12.1 Å². The molecule has 2 aromatic rings. The largest absolute Gasteiger partial charge is 0.491 e. The highest BCUT2D eigenvalue weighted by molar-refractivity contribution is 5.27. The summed E-state index contributed by atoms with van der Waals surface area (Å²) in [7, 11) is 0. The Bertz CT molecular complexity index is 670. The number of nitrogens with zero attached hydrogens (tertiary/aromatic N) is 3. The fraction of sp³-hybridized carbons (Fsp3) is 0.526. The zero-order valence-electron chi connectivity index (χ0n) is 14.6. The van der Waals surface area contributed by atoms with Crippen LogP contribution in [0.4, 0.5) is 0 Å². The molecule has 1 aromatic heterocycles. The first kappa shape index (κ1) is 17.0. The third-order valence-electron chi connectivity index (χ3n) is 4.66. The van der Waals surface area contributed by atoms with E-state index in [2.05, 4.69) is 21.4 Å². The second kappa shape index (κ2) is 7.36. The first-order valence-electron chi connectivity index (χ1n) is 8.71. The van der Waals surface area contributed by atoms with Crippen LogP contribution >= 0.6 is 0 Å². The van der Waals surface area contributed by atoms with Crippen LogP contribution in [0.2, 0.25) is 0 Å². The van der Waals surface area contributed by atoms with Crippen LogP contribution in [0.1, 0.15) is 31.0 Å². The van der Waals surface area contributed by atoms with Crippen molar-refractivity contribution in [2.24, 2.45) is 0 Å². The van der Waals surface area contributed by atoms with Gasteiger partial charge in [-0.25, -0.2) is 4.98 Å². The summed E-state index contributed by atoms with van der Waals surface area (Å²) in [6.45, 7) is 7.87. The summed E-state index contributed by atoms with van der Waals surface area (Å²) >= 11 is 0. The van der Waals surface area contributed by atoms with E-state index in [4.69, 9.17) is 4.74 Å². The summed E-state index contributed by atoms with van der Waals surface area (Å²) in [5.74, 6) is 0.824. The van der Waals surface area contributed by atoms with Crippen molar-refractivity contribution < 1.29 is 9.84 Å². The maximum Gasteiger partial charge on any atom is 0.119 e. The van der Waals surface area contributed by atoms with Crippen LogP contribution in [0.15, 0.2) is 36.8 Å². The number of likely N-dealkylation sites (tertiary alicyclic amines) is 1. The number of rotatable bonds is 6.